The van der Waals surface area contributed by atoms with E-state index < -0.39 is 12.2 Å². The van der Waals surface area contributed by atoms with Gasteiger partial charge in [-0.1, -0.05) is 11.6 Å². The number of hydrogen-bond donors (Lipinski definition) is 3. The molecule has 4 rings (SSSR count). The molecule has 1 aromatic heterocycles. The molecule has 0 saturated carbocycles. The van der Waals surface area contributed by atoms with Crippen LogP contribution >= 0.6 is 23.4 Å². The second-order valence-electron chi connectivity index (χ2n) is 7.67. The number of halogens is 1. The highest BCUT2D eigenvalue weighted by atomic mass is 35.5. The van der Waals surface area contributed by atoms with Crippen molar-refractivity contribution in [3.05, 3.63) is 47.0 Å². The number of rotatable bonds is 8. The summed E-state index contributed by atoms with van der Waals surface area (Å²) < 4.78 is 10.9. The molecule has 1 fully saturated rings. The summed E-state index contributed by atoms with van der Waals surface area (Å²) in [5, 5.41) is 24.4. The number of nitrogens with zero attached hydrogens (tertiary/aromatic N) is 2. The van der Waals surface area contributed by atoms with Crippen LogP contribution in [0.2, 0.25) is 5.02 Å². The lowest BCUT2D eigenvalue weighted by atomic mass is 10.1. The minimum absolute atomic E-state index is 0.187. The number of aliphatic hydroxyl groups excluding tert-OH is 2. The van der Waals surface area contributed by atoms with Crippen molar-refractivity contribution in [2.24, 2.45) is 0 Å². The van der Waals surface area contributed by atoms with Gasteiger partial charge in [-0.25, -0.2) is 9.97 Å². The largest absolute Gasteiger partial charge is 0.496 e. The molecule has 0 aliphatic carbocycles. The van der Waals surface area contributed by atoms with Crippen molar-refractivity contribution in [1.82, 2.24) is 9.97 Å². The van der Waals surface area contributed by atoms with Crippen LogP contribution in [0.25, 0.3) is 22.3 Å². The Morgan fingerprint density at radius 2 is 2.00 bits per heavy atom. The molecule has 0 radical (unpaired) electrons. The number of nitrogens with one attached hydrogen (secondary N) is 1. The Labute approximate surface area is 196 Å². The van der Waals surface area contributed by atoms with Crippen molar-refractivity contribution < 1.29 is 19.7 Å². The molecular formula is C23H26ClN3O4S. The topological polar surface area (TPSA) is 96.7 Å². The summed E-state index contributed by atoms with van der Waals surface area (Å²) in [5.41, 5.74) is 2.71. The molecule has 3 N–H and O–H groups in total. The predicted octanol–water partition coefficient (Wildman–Crippen LogP) is 3.53. The van der Waals surface area contributed by atoms with Gasteiger partial charge in [-0.05, 0) is 48.9 Å². The third kappa shape index (κ3) is 5.10. The van der Waals surface area contributed by atoms with Crippen LogP contribution in [0.15, 0.2) is 36.4 Å². The quantitative estimate of drug-likeness (QED) is 0.426. The number of anilines is 1. The molecular weight excluding hydrogens is 450 g/mol. The Balaban J connectivity index is 1.52. The maximum atomic E-state index is 9.90. The van der Waals surface area contributed by atoms with E-state index in [0.717, 1.165) is 39.4 Å². The van der Waals surface area contributed by atoms with Crippen LogP contribution in [0.3, 0.4) is 0 Å². The minimum Gasteiger partial charge on any atom is -0.496 e. The van der Waals surface area contributed by atoms with Gasteiger partial charge in [-0.2, -0.15) is 11.8 Å². The number of aromatic nitrogens is 2. The molecule has 1 aliphatic heterocycles. The number of ether oxygens (including phenoxy) is 2. The normalized spacial score (nSPS) is 20.6. The Kier molecular flexibility index (Phi) is 7.37. The van der Waals surface area contributed by atoms with E-state index in [1.165, 1.54) is 0 Å². The van der Waals surface area contributed by atoms with E-state index in [-0.39, 0.29) is 12.7 Å². The SMILES string of the molecule is COc1cc2c(NCCSC[C@H]3OC[C@H](O)[C@@H]3O)nc(-c3ccc(Cl)cc3)nc2cc1C. The highest BCUT2D eigenvalue weighted by molar-refractivity contribution is 7.99. The average Bonchev–Trinajstić information content (AvgIpc) is 3.11. The van der Waals surface area contributed by atoms with Crippen LogP contribution in [0, 0.1) is 6.92 Å². The summed E-state index contributed by atoms with van der Waals surface area (Å²) in [6.45, 7) is 2.84. The molecule has 2 heterocycles. The van der Waals surface area contributed by atoms with Gasteiger partial charge < -0.3 is 25.0 Å². The molecule has 3 aromatic rings. The Morgan fingerprint density at radius 3 is 2.69 bits per heavy atom. The van der Waals surface area contributed by atoms with E-state index in [2.05, 4.69) is 5.32 Å². The zero-order valence-corrected chi connectivity index (χ0v) is 19.5. The lowest BCUT2D eigenvalue weighted by molar-refractivity contribution is 0.0337. The van der Waals surface area contributed by atoms with Crippen molar-refractivity contribution in [3.8, 4) is 17.1 Å². The summed E-state index contributed by atoms with van der Waals surface area (Å²) in [6.07, 6.45) is -1.95. The third-order valence-corrected chi connectivity index (χ3v) is 6.70. The second-order valence-corrected chi connectivity index (χ2v) is 9.26. The van der Waals surface area contributed by atoms with Crippen molar-refractivity contribution in [2.45, 2.75) is 25.2 Å². The van der Waals surface area contributed by atoms with Gasteiger partial charge in [-0.3, -0.25) is 0 Å². The fourth-order valence-electron chi connectivity index (χ4n) is 3.60. The highest BCUT2D eigenvalue weighted by Gasteiger charge is 2.34. The number of aryl methyl sites for hydroxylation is 1. The lowest BCUT2D eigenvalue weighted by Crippen LogP contribution is -2.31. The molecule has 1 saturated heterocycles. The van der Waals surface area contributed by atoms with E-state index in [0.29, 0.717) is 23.1 Å². The zero-order chi connectivity index (χ0) is 22.7. The number of fused-ring (bicyclic) bond motifs is 1. The molecule has 0 amide bonds. The van der Waals surface area contributed by atoms with Crippen molar-refractivity contribution >= 4 is 40.1 Å². The molecule has 7 nitrogen and oxygen atoms in total. The summed E-state index contributed by atoms with van der Waals surface area (Å²) >= 11 is 7.69. The van der Waals surface area contributed by atoms with Gasteiger partial charge in [0.2, 0.25) is 0 Å². The fraction of sp³-hybridized carbons (Fsp3) is 0.391. The van der Waals surface area contributed by atoms with Crippen LogP contribution in [-0.2, 0) is 4.74 Å². The zero-order valence-electron chi connectivity index (χ0n) is 17.9. The van der Waals surface area contributed by atoms with Crippen molar-refractivity contribution in [3.63, 3.8) is 0 Å². The minimum atomic E-state index is -0.820. The van der Waals surface area contributed by atoms with Gasteiger partial charge in [0.15, 0.2) is 5.82 Å². The number of methoxy groups -OCH3 is 1. The molecule has 170 valence electrons. The maximum absolute atomic E-state index is 9.90. The predicted molar refractivity (Wildman–Crippen MR) is 129 cm³/mol. The Hall–Kier alpha value is -2.10. The maximum Gasteiger partial charge on any atom is 0.162 e. The first-order chi connectivity index (χ1) is 15.5. The van der Waals surface area contributed by atoms with E-state index in [9.17, 15) is 10.2 Å². The molecule has 2 aromatic carbocycles. The number of benzene rings is 2. The van der Waals surface area contributed by atoms with Gasteiger partial charge in [-0.15, -0.1) is 0 Å². The van der Waals surface area contributed by atoms with E-state index in [4.69, 9.17) is 31.0 Å². The van der Waals surface area contributed by atoms with Crippen LogP contribution in [0.1, 0.15) is 5.56 Å². The Bertz CT molecular complexity index is 1080. The van der Waals surface area contributed by atoms with Gasteiger partial charge in [0.25, 0.3) is 0 Å². The van der Waals surface area contributed by atoms with E-state index in [1.807, 2.05) is 43.3 Å². The monoisotopic (exact) mass is 475 g/mol. The van der Waals surface area contributed by atoms with Gasteiger partial charge in [0.05, 0.1) is 25.3 Å². The van der Waals surface area contributed by atoms with E-state index >= 15 is 0 Å². The van der Waals surface area contributed by atoms with E-state index in [1.54, 1.807) is 18.9 Å². The molecule has 1 aliphatic rings. The molecule has 0 unspecified atom stereocenters. The van der Waals surface area contributed by atoms with Crippen LogP contribution in [-0.4, -0.2) is 70.3 Å². The highest BCUT2D eigenvalue weighted by Crippen LogP contribution is 2.31. The summed E-state index contributed by atoms with van der Waals surface area (Å²) in [7, 11) is 1.65. The standard InChI is InChI=1S/C23H26ClN3O4S/c1-13-9-17-16(10-19(13)30-2)23(27-22(26-17)14-3-5-15(24)6-4-14)25-7-8-32-12-20-21(29)18(28)11-31-20/h3-6,9-10,18,20-21,28-29H,7-8,11-12H2,1-2H3,(H,25,26,27)/t18-,20+,21-/m0/s1. The van der Waals surface area contributed by atoms with Crippen LogP contribution in [0.5, 0.6) is 5.75 Å². The second kappa shape index (κ2) is 10.2. The van der Waals surface area contributed by atoms with Crippen LogP contribution in [0.4, 0.5) is 5.82 Å². The fourth-order valence-corrected chi connectivity index (χ4v) is 4.66. The Morgan fingerprint density at radius 1 is 1.22 bits per heavy atom. The first kappa shape index (κ1) is 23.1. The van der Waals surface area contributed by atoms with Gasteiger partial charge in [0.1, 0.15) is 23.8 Å². The van der Waals surface area contributed by atoms with Crippen molar-refractivity contribution in [1.29, 1.82) is 0 Å². The third-order valence-electron chi connectivity index (χ3n) is 5.39. The number of thioether (sulfide) groups is 1. The summed E-state index contributed by atoms with van der Waals surface area (Å²) in [4.78, 5) is 9.54. The molecule has 32 heavy (non-hydrogen) atoms. The summed E-state index contributed by atoms with van der Waals surface area (Å²) in [6, 6.07) is 11.4. The first-order valence-electron chi connectivity index (χ1n) is 10.4. The summed E-state index contributed by atoms with van der Waals surface area (Å²) in [5.74, 6) is 3.53. The van der Waals surface area contributed by atoms with Crippen LogP contribution < -0.4 is 10.1 Å². The molecule has 0 spiro atoms. The molecule has 0 bridgehead atoms. The van der Waals surface area contributed by atoms with Gasteiger partial charge in [0, 0.05) is 34.0 Å². The molecule has 3 atom stereocenters. The molecule has 9 heteroatoms. The lowest BCUT2D eigenvalue weighted by Gasteiger charge is -2.15. The number of hydrogen-bond acceptors (Lipinski definition) is 8. The smallest absolute Gasteiger partial charge is 0.162 e. The van der Waals surface area contributed by atoms with Crippen molar-refractivity contribution in [2.75, 3.05) is 37.1 Å². The van der Waals surface area contributed by atoms with Gasteiger partial charge >= 0.3 is 0 Å². The average molecular weight is 476 g/mol. The number of aliphatic hydroxyl groups is 2. The first-order valence-corrected chi connectivity index (χ1v) is 11.9.